The van der Waals surface area contributed by atoms with Crippen LogP contribution in [0.5, 0.6) is 0 Å². The molecule has 0 unspecified atom stereocenters. The maximum atomic E-state index is 12.9. The third kappa shape index (κ3) is 4.10. The molecule has 0 radical (unpaired) electrons. The first-order valence-electron chi connectivity index (χ1n) is 11.0. The number of amides is 1. The summed E-state index contributed by atoms with van der Waals surface area (Å²) in [6.45, 7) is 3.46. The van der Waals surface area contributed by atoms with Crippen molar-refractivity contribution in [2.45, 2.75) is 64.9 Å². The predicted molar refractivity (Wildman–Crippen MR) is 109 cm³/mol. The summed E-state index contributed by atoms with van der Waals surface area (Å²) in [5.74, 6) is 1.24. The fourth-order valence-electron chi connectivity index (χ4n) is 6.16. The highest BCUT2D eigenvalue weighted by Gasteiger charge is 2.54. The van der Waals surface area contributed by atoms with Crippen LogP contribution in [0.4, 0.5) is 0 Å². The van der Waals surface area contributed by atoms with Crippen molar-refractivity contribution < 1.29 is 19.1 Å². The molecule has 0 heterocycles. The molecule has 5 heteroatoms. The van der Waals surface area contributed by atoms with Gasteiger partial charge in [0.1, 0.15) is 6.54 Å². The highest BCUT2D eigenvalue weighted by Crippen LogP contribution is 2.60. The van der Waals surface area contributed by atoms with Gasteiger partial charge in [-0.25, -0.2) is 0 Å². The van der Waals surface area contributed by atoms with Crippen molar-refractivity contribution in [2.75, 3.05) is 6.54 Å². The number of esters is 1. The Bertz CT molecular complexity index is 762. The van der Waals surface area contributed by atoms with Gasteiger partial charge in [0.2, 0.25) is 11.7 Å². The van der Waals surface area contributed by atoms with Gasteiger partial charge in [-0.15, -0.1) is 0 Å². The number of ether oxygens (including phenoxy) is 1. The summed E-state index contributed by atoms with van der Waals surface area (Å²) in [4.78, 5) is 37.6. The number of ketones is 1. The van der Waals surface area contributed by atoms with Crippen molar-refractivity contribution >= 4 is 17.7 Å². The maximum absolute atomic E-state index is 12.9. The number of nitrogens with one attached hydrogen (secondary N) is 1. The molecule has 4 aliphatic carbocycles. The Morgan fingerprint density at radius 2 is 1.59 bits per heavy atom. The zero-order valence-corrected chi connectivity index (χ0v) is 17.4. The lowest BCUT2D eigenvalue weighted by atomic mass is 9.49. The number of carbonyl (C=O) groups is 3. The van der Waals surface area contributed by atoms with Crippen LogP contribution in [-0.2, 0) is 20.7 Å². The van der Waals surface area contributed by atoms with Gasteiger partial charge in [-0.05, 0) is 75.2 Å². The Morgan fingerprint density at radius 1 is 1.03 bits per heavy atom. The maximum Gasteiger partial charge on any atom is 0.326 e. The minimum atomic E-state index is -0.869. The molecule has 1 N–H and O–H groups in total. The van der Waals surface area contributed by atoms with E-state index in [0.29, 0.717) is 23.3 Å². The molecule has 4 fully saturated rings. The number of carbonyl (C=O) groups excluding carboxylic acids is 3. The summed E-state index contributed by atoms with van der Waals surface area (Å²) in [5.41, 5.74) is 1.40. The molecule has 0 aliphatic heterocycles. The van der Waals surface area contributed by atoms with E-state index in [4.69, 9.17) is 4.74 Å². The number of hydrogen-bond donors (Lipinski definition) is 1. The molecule has 4 bridgehead atoms. The molecule has 0 saturated heterocycles. The summed E-state index contributed by atoms with van der Waals surface area (Å²) >= 11 is 0. The SMILES string of the molecule is CCc1ccc(C(=O)[C@@H](C)OC(=O)CNC(=O)C23CC4CC(CC(C4)C2)C3)cc1. The first-order valence-corrected chi connectivity index (χ1v) is 11.0. The van der Waals surface area contributed by atoms with Gasteiger partial charge < -0.3 is 10.1 Å². The third-order valence-corrected chi connectivity index (χ3v) is 7.24. The van der Waals surface area contributed by atoms with Crippen LogP contribution in [0.15, 0.2) is 24.3 Å². The summed E-state index contributed by atoms with van der Waals surface area (Å²) in [6.07, 6.45) is 6.73. The van der Waals surface area contributed by atoms with Gasteiger partial charge in [0.25, 0.3) is 0 Å². The van der Waals surface area contributed by atoms with Crippen LogP contribution < -0.4 is 5.32 Å². The van der Waals surface area contributed by atoms with E-state index in [0.717, 1.165) is 31.2 Å². The van der Waals surface area contributed by atoms with Gasteiger partial charge in [-0.3, -0.25) is 14.4 Å². The van der Waals surface area contributed by atoms with Crippen LogP contribution in [0.25, 0.3) is 0 Å². The average Bonchev–Trinajstić information content (AvgIpc) is 2.70. The van der Waals surface area contributed by atoms with Crippen molar-refractivity contribution in [3.8, 4) is 0 Å². The molecule has 4 saturated carbocycles. The summed E-state index contributed by atoms with van der Waals surface area (Å²) in [5, 5.41) is 2.81. The Balaban J connectivity index is 1.28. The van der Waals surface area contributed by atoms with Gasteiger partial charge in [-0.1, -0.05) is 31.2 Å². The van der Waals surface area contributed by atoms with Crippen molar-refractivity contribution in [3.63, 3.8) is 0 Å². The van der Waals surface area contributed by atoms with Crippen molar-refractivity contribution in [3.05, 3.63) is 35.4 Å². The quantitative estimate of drug-likeness (QED) is 0.562. The van der Waals surface area contributed by atoms with Crippen LogP contribution in [0.1, 0.15) is 68.3 Å². The van der Waals surface area contributed by atoms with Crippen LogP contribution >= 0.6 is 0 Å². The Labute approximate surface area is 172 Å². The zero-order chi connectivity index (χ0) is 20.6. The van der Waals surface area contributed by atoms with Gasteiger partial charge in [0.15, 0.2) is 6.10 Å². The molecule has 1 aromatic carbocycles. The molecule has 5 rings (SSSR count). The summed E-state index contributed by atoms with van der Waals surface area (Å²) in [7, 11) is 0. The van der Waals surface area contributed by atoms with E-state index in [2.05, 4.69) is 12.2 Å². The molecule has 1 atom stereocenters. The van der Waals surface area contributed by atoms with Crippen LogP contribution in [0.3, 0.4) is 0 Å². The van der Waals surface area contributed by atoms with Crippen LogP contribution in [-0.4, -0.2) is 30.3 Å². The van der Waals surface area contributed by atoms with Gasteiger partial charge in [0.05, 0.1) is 0 Å². The van der Waals surface area contributed by atoms with E-state index in [1.54, 1.807) is 19.1 Å². The Kier molecular flexibility index (Phi) is 5.50. The zero-order valence-electron chi connectivity index (χ0n) is 17.4. The monoisotopic (exact) mass is 397 g/mol. The lowest BCUT2D eigenvalue weighted by Crippen LogP contribution is -2.54. The van der Waals surface area contributed by atoms with E-state index >= 15 is 0 Å². The molecule has 156 valence electrons. The smallest absolute Gasteiger partial charge is 0.326 e. The number of rotatable bonds is 7. The third-order valence-electron chi connectivity index (χ3n) is 7.24. The predicted octanol–water partition coefficient (Wildman–Crippen LogP) is 3.70. The van der Waals surface area contributed by atoms with Gasteiger partial charge >= 0.3 is 5.97 Å². The normalized spacial score (nSPS) is 30.6. The van der Waals surface area contributed by atoms with Crippen molar-refractivity contribution in [2.24, 2.45) is 23.2 Å². The second-order valence-electron chi connectivity index (χ2n) is 9.43. The Hall–Kier alpha value is -2.17. The molecule has 1 amide bonds. The minimum Gasteiger partial charge on any atom is -0.453 e. The number of hydrogen-bond acceptors (Lipinski definition) is 4. The minimum absolute atomic E-state index is 0.00249. The highest BCUT2D eigenvalue weighted by atomic mass is 16.5. The molecule has 1 aromatic rings. The van der Waals surface area contributed by atoms with Gasteiger partial charge in [-0.2, -0.15) is 0 Å². The molecule has 0 aromatic heterocycles. The Morgan fingerprint density at radius 3 is 2.10 bits per heavy atom. The topological polar surface area (TPSA) is 72.5 Å². The highest BCUT2D eigenvalue weighted by molar-refractivity contribution is 6.00. The molecular formula is C24H31NO4. The molecular weight excluding hydrogens is 366 g/mol. The number of aryl methyl sites for hydroxylation is 1. The fourth-order valence-corrected chi connectivity index (χ4v) is 6.16. The molecule has 29 heavy (non-hydrogen) atoms. The second kappa shape index (κ2) is 7.92. The summed E-state index contributed by atoms with van der Waals surface area (Å²) in [6, 6.07) is 7.35. The van der Waals surface area contributed by atoms with Crippen LogP contribution in [0, 0.1) is 23.2 Å². The van der Waals surface area contributed by atoms with Crippen molar-refractivity contribution in [1.29, 1.82) is 0 Å². The largest absolute Gasteiger partial charge is 0.453 e. The van der Waals surface area contributed by atoms with E-state index in [1.807, 2.05) is 12.1 Å². The number of Topliss-reactive ketones (excluding diaryl/α,β-unsaturated/α-hetero) is 1. The first-order chi connectivity index (χ1) is 13.9. The van der Waals surface area contributed by atoms with Crippen molar-refractivity contribution in [1.82, 2.24) is 5.32 Å². The summed E-state index contributed by atoms with van der Waals surface area (Å²) < 4.78 is 5.29. The second-order valence-corrected chi connectivity index (χ2v) is 9.43. The van der Waals surface area contributed by atoms with Crippen LogP contribution in [0.2, 0.25) is 0 Å². The molecule has 0 spiro atoms. The molecule has 4 aliphatic rings. The van der Waals surface area contributed by atoms with E-state index in [-0.39, 0.29) is 23.7 Å². The lowest BCUT2D eigenvalue weighted by molar-refractivity contribution is -0.152. The van der Waals surface area contributed by atoms with E-state index < -0.39 is 12.1 Å². The molecule has 5 nitrogen and oxygen atoms in total. The van der Waals surface area contributed by atoms with E-state index in [9.17, 15) is 14.4 Å². The number of benzene rings is 1. The average molecular weight is 398 g/mol. The first kappa shape index (κ1) is 20.1. The van der Waals surface area contributed by atoms with E-state index in [1.165, 1.54) is 19.3 Å². The fraction of sp³-hybridized carbons (Fsp3) is 0.625. The standard InChI is InChI=1S/C24H31NO4/c1-3-16-4-6-20(7-5-16)22(27)15(2)29-21(26)14-25-23(28)24-11-17-8-18(12-24)10-19(9-17)13-24/h4-7,15,17-19H,3,8-14H2,1-2H3,(H,25,28)/t15-,17?,18?,19?,24?/m1/s1. The lowest BCUT2D eigenvalue weighted by Gasteiger charge is -2.55. The van der Waals surface area contributed by atoms with Gasteiger partial charge in [0, 0.05) is 11.0 Å².